The summed E-state index contributed by atoms with van der Waals surface area (Å²) in [6.07, 6.45) is 34.7. The molecule has 8 nitrogen and oxygen atoms in total. The molecule has 3 N–H and O–H groups in total. The molecule has 0 aromatic carbocycles. The first kappa shape index (κ1) is 44.5. The Bertz CT molecular complexity index is 897. The smallest absolute Gasteiger partial charge is 0.387 e. The van der Waals surface area contributed by atoms with E-state index in [2.05, 4.69) is 55.6 Å². The van der Waals surface area contributed by atoms with Crippen molar-refractivity contribution >= 4 is 13.7 Å². The Hall–Kier alpha value is -1.54. The molecule has 0 bridgehead atoms. The number of phosphoric acid groups is 1. The van der Waals surface area contributed by atoms with Crippen LogP contribution in [0.3, 0.4) is 0 Å². The monoisotopic (exact) mass is 669 g/mol. The Morgan fingerprint density at radius 1 is 0.717 bits per heavy atom. The second-order valence-corrected chi connectivity index (χ2v) is 14.7. The third kappa shape index (κ3) is 31.1. The van der Waals surface area contributed by atoms with E-state index in [0.717, 1.165) is 70.6 Å². The Balaban J connectivity index is 4.69. The number of hydrogen-bond donors (Lipinski definition) is 3. The van der Waals surface area contributed by atoms with Crippen molar-refractivity contribution in [1.29, 1.82) is 0 Å². The predicted molar refractivity (Wildman–Crippen MR) is 194 cm³/mol. The summed E-state index contributed by atoms with van der Waals surface area (Å²) in [5.41, 5.74) is 0. The van der Waals surface area contributed by atoms with E-state index in [1.165, 1.54) is 38.5 Å². The van der Waals surface area contributed by atoms with Crippen molar-refractivity contribution in [2.75, 3.05) is 40.9 Å². The number of allylic oxidation sites excluding steroid dienone is 7. The Kier molecular flexibility index (Phi) is 28.6. The van der Waals surface area contributed by atoms with Crippen molar-refractivity contribution in [2.24, 2.45) is 0 Å². The van der Waals surface area contributed by atoms with Crippen LogP contribution in [-0.4, -0.2) is 73.4 Å². The Labute approximate surface area is 282 Å². The fourth-order valence-electron chi connectivity index (χ4n) is 4.54. The zero-order chi connectivity index (χ0) is 34.4. The van der Waals surface area contributed by atoms with Gasteiger partial charge >= 0.3 is 7.82 Å². The first-order valence-corrected chi connectivity index (χ1v) is 19.5. The zero-order valence-corrected chi connectivity index (χ0v) is 30.9. The van der Waals surface area contributed by atoms with Gasteiger partial charge in [0.05, 0.1) is 39.9 Å². The van der Waals surface area contributed by atoms with Gasteiger partial charge in [-0.3, -0.25) is 13.8 Å². The molecule has 0 saturated carbocycles. The van der Waals surface area contributed by atoms with Gasteiger partial charge in [-0.1, -0.05) is 107 Å². The molecule has 0 rings (SSSR count). The van der Waals surface area contributed by atoms with Crippen molar-refractivity contribution in [3.05, 3.63) is 48.6 Å². The average molecular weight is 670 g/mol. The number of amides is 1. The number of phosphoric ester groups is 1. The van der Waals surface area contributed by atoms with Crippen LogP contribution in [0.25, 0.3) is 0 Å². The van der Waals surface area contributed by atoms with E-state index in [1.54, 1.807) is 6.08 Å². The van der Waals surface area contributed by atoms with E-state index in [-0.39, 0.29) is 19.1 Å². The highest BCUT2D eigenvalue weighted by atomic mass is 31.2. The Morgan fingerprint density at radius 2 is 1.24 bits per heavy atom. The maximum atomic E-state index is 12.7. The zero-order valence-electron chi connectivity index (χ0n) is 30.0. The molecule has 0 aliphatic heterocycles. The predicted octanol–water partition coefficient (Wildman–Crippen LogP) is 8.96. The van der Waals surface area contributed by atoms with Crippen LogP contribution in [0.15, 0.2) is 48.6 Å². The molecule has 0 aliphatic carbocycles. The number of nitrogens with zero attached hydrogens (tertiary/aromatic N) is 1. The van der Waals surface area contributed by atoms with E-state index in [4.69, 9.17) is 9.05 Å². The minimum atomic E-state index is -4.34. The van der Waals surface area contributed by atoms with Gasteiger partial charge in [-0.15, -0.1) is 0 Å². The molecule has 3 unspecified atom stereocenters. The van der Waals surface area contributed by atoms with Crippen LogP contribution in [0.1, 0.15) is 129 Å². The summed E-state index contributed by atoms with van der Waals surface area (Å²) in [5.74, 6) is -0.208. The first-order valence-electron chi connectivity index (χ1n) is 18.0. The molecule has 46 heavy (non-hydrogen) atoms. The van der Waals surface area contributed by atoms with E-state index in [9.17, 15) is 19.4 Å². The number of rotatable bonds is 31. The second-order valence-electron chi connectivity index (χ2n) is 13.2. The molecule has 3 atom stereocenters. The van der Waals surface area contributed by atoms with Crippen LogP contribution in [0.4, 0.5) is 0 Å². The van der Waals surface area contributed by atoms with Gasteiger partial charge in [-0.05, 0) is 64.2 Å². The molecule has 0 aliphatic rings. The standard InChI is InChI=1S/C37H69N2O6P/c1-6-8-10-12-14-16-18-19-20-21-22-24-26-28-30-36(40)35(34-45-46(42,43)44-33-32-39(3,4)5)38-37(41)31-29-27-25-23-17-15-13-11-9-7-2/h11,13,16,18,21-22,28,30,35-36,40H,6-10,12,14-15,17,19-20,23-27,29,31-34H2,1-5H3,(H-,38,41,42,43)/p+1/b13-11-,18-16+,22-21+,30-28+. The molecule has 9 heteroatoms. The number of nitrogens with one attached hydrogen (secondary N) is 1. The van der Waals surface area contributed by atoms with Crippen molar-refractivity contribution in [3.63, 3.8) is 0 Å². The topological polar surface area (TPSA) is 105 Å². The van der Waals surface area contributed by atoms with Crippen LogP contribution >= 0.6 is 7.82 Å². The average Bonchev–Trinajstić information content (AvgIpc) is 2.99. The molecule has 0 spiro atoms. The molecule has 0 aromatic heterocycles. The number of carbonyl (C=O) groups excluding carboxylic acids is 1. The minimum Gasteiger partial charge on any atom is -0.387 e. The van der Waals surface area contributed by atoms with Crippen LogP contribution in [0.2, 0.25) is 0 Å². The molecular formula is C37H70N2O6P+. The highest BCUT2D eigenvalue weighted by molar-refractivity contribution is 7.47. The van der Waals surface area contributed by atoms with Crippen molar-refractivity contribution in [3.8, 4) is 0 Å². The first-order chi connectivity index (χ1) is 22.0. The number of likely N-dealkylation sites (N-methyl/N-ethyl adjacent to an activating group) is 1. The summed E-state index contributed by atoms with van der Waals surface area (Å²) in [4.78, 5) is 22.9. The lowest BCUT2D eigenvalue weighted by molar-refractivity contribution is -0.870. The number of hydrogen-bond acceptors (Lipinski definition) is 5. The van der Waals surface area contributed by atoms with Gasteiger partial charge in [0.2, 0.25) is 5.91 Å². The number of quaternary nitrogens is 1. The third-order valence-corrected chi connectivity index (χ3v) is 8.46. The number of aliphatic hydroxyl groups is 1. The SMILES string of the molecule is CCC/C=C\CCCCCCCC(=O)NC(COP(=O)(O)OCC[N+](C)(C)C)C(O)/C=C/CC/C=C/CC/C=C/CCCCCC. The molecule has 0 radical (unpaired) electrons. The van der Waals surface area contributed by atoms with Gasteiger partial charge in [0.25, 0.3) is 0 Å². The van der Waals surface area contributed by atoms with Gasteiger partial charge in [-0.2, -0.15) is 0 Å². The van der Waals surface area contributed by atoms with Gasteiger partial charge < -0.3 is 19.8 Å². The third-order valence-electron chi connectivity index (χ3n) is 7.48. The van der Waals surface area contributed by atoms with Crippen LogP contribution in [0, 0.1) is 0 Å². The van der Waals surface area contributed by atoms with E-state index in [1.807, 2.05) is 27.2 Å². The quantitative estimate of drug-likeness (QED) is 0.0295. The lowest BCUT2D eigenvalue weighted by Crippen LogP contribution is -2.45. The molecule has 268 valence electrons. The summed E-state index contributed by atoms with van der Waals surface area (Å²) in [6, 6.07) is -0.870. The van der Waals surface area contributed by atoms with Gasteiger partial charge in [-0.25, -0.2) is 4.57 Å². The van der Waals surface area contributed by atoms with Crippen molar-refractivity contribution < 1.29 is 32.9 Å². The fourth-order valence-corrected chi connectivity index (χ4v) is 5.28. The van der Waals surface area contributed by atoms with Gasteiger partial charge in [0, 0.05) is 6.42 Å². The van der Waals surface area contributed by atoms with E-state index >= 15 is 0 Å². The number of carbonyl (C=O) groups is 1. The molecule has 0 aromatic rings. The summed E-state index contributed by atoms with van der Waals surface area (Å²) in [5, 5.41) is 13.7. The number of unbranched alkanes of at least 4 members (excludes halogenated alkanes) is 12. The summed E-state index contributed by atoms with van der Waals surface area (Å²) >= 11 is 0. The minimum absolute atomic E-state index is 0.0502. The van der Waals surface area contributed by atoms with Crippen molar-refractivity contribution in [1.82, 2.24) is 5.32 Å². The summed E-state index contributed by atoms with van der Waals surface area (Å²) in [7, 11) is 1.53. The van der Waals surface area contributed by atoms with Gasteiger partial charge in [0.1, 0.15) is 13.2 Å². The molecule has 0 fully saturated rings. The van der Waals surface area contributed by atoms with E-state index < -0.39 is 20.0 Å². The van der Waals surface area contributed by atoms with Crippen LogP contribution < -0.4 is 5.32 Å². The molecular weight excluding hydrogens is 599 g/mol. The van der Waals surface area contributed by atoms with Crippen molar-refractivity contribution in [2.45, 2.75) is 142 Å². The highest BCUT2D eigenvalue weighted by Crippen LogP contribution is 2.43. The van der Waals surface area contributed by atoms with E-state index in [0.29, 0.717) is 17.4 Å². The normalized spacial score (nSPS) is 15.4. The summed E-state index contributed by atoms with van der Waals surface area (Å²) < 4.78 is 23.3. The second kappa shape index (κ2) is 29.6. The Morgan fingerprint density at radius 3 is 1.83 bits per heavy atom. The lowest BCUT2D eigenvalue weighted by Gasteiger charge is -2.25. The largest absolute Gasteiger partial charge is 0.472 e. The molecule has 1 amide bonds. The molecule has 0 heterocycles. The highest BCUT2D eigenvalue weighted by Gasteiger charge is 2.27. The lowest BCUT2D eigenvalue weighted by atomic mass is 10.1. The fraction of sp³-hybridized carbons (Fsp3) is 0.757. The summed E-state index contributed by atoms with van der Waals surface area (Å²) in [6.45, 7) is 4.65. The van der Waals surface area contributed by atoms with Gasteiger partial charge in [0.15, 0.2) is 0 Å². The number of aliphatic hydroxyl groups excluding tert-OH is 1. The maximum absolute atomic E-state index is 12.7. The maximum Gasteiger partial charge on any atom is 0.472 e. The van der Waals surface area contributed by atoms with Crippen LogP contribution in [0.5, 0.6) is 0 Å². The van der Waals surface area contributed by atoms with Crippen LogP contribution in [-0.2, 0) is 18.4 Å². The molecule has 0 saturated heterocycles.